The van der Waals surface area contributed by atoms with Crippen molar-refractivity contribution in [2.75, 3.05) is 17.1 Å². The SMILES string of the molecule is Cc1ccc([C@H](NC(=O)CN(c2cccc3ccccc23)S(C)(=O)=O)c2ccccc2)cc1. The van der Waals surface area contributed by atoms with Crippen LogP contribution in [0.3, 0.4) is 0 Å². The van der Waals surface area contributed by atoms with E-state index < -0.39 is 16.1 Å². The molecule has 4 rings (SSSR count). The molecule has 0 unspecified atom stereocenters. The first kappa shape index (κ1) is 22.6. The van der Waals surface area contributed by atoms with Gasteiger partial charge in [-0.1, -0.05) is 96.6 Å². The Bertz CT molecular complexity index is 1360. The number of nitrogens with one attached hydrogen (secondary N) is 1. The van der Waals surface area contributed by atoms with Crippen molar-refractivity contribution in [1.29, 1.82) is 0 Å². The second-order valence-corrected chi connectivity index (χ2v) is 10.00. The fraction of sp³-hybridized carbons (Fsp3) is 0.148. The van der Waals surface area contributed by atoms with Gasteiger partial charge in [-0.15, -0.1) is 0 Å². The van der Waals surface area contributed by atoms with Gasteiger partial charge in [0, 0.05) is 5.39 Å². The number of fused-ring (bicyclic) bond motifs is 1. The molecule has 4 aromatic rings. The Hall–Kier alpha value is -3.64. The molecular formula is C27H26N2O3S. The highest BCUT2D eigenvalue weighted by Gasteiger charge is 2.25. The number of carbonyl (C=O) groups is 1. The summed E-state index contributed by atoms with van der Waals surface area (Å²) in [5.41, 5.74) is 3.45. The van der Waals surface area contributed by atoms with E-state index in [1.165, 1.54) is 4.31 Å². The minimum atomic E-state index is -3.70. The molecule has 1 N–H and O–H groups in total. The zero-order valence-electron chi connectivity index (χ0n) is 18.6. The van der Waals surface area contributed by atoms with Crippen molar-refractivity contribution in [1.82, 2.24) is 5.32 Å². The van der Waals surface area contributed by atoms with Crippen molar-refractivity contribution < 1.29 is 13.2 Å². The van der Waals surface area contributed by atoms with Crippen LogP contribution >= 0.6 is 0 Å². The molecule has 0 aliphatic carbocycles. The fourth-order valence-corrected chi connectivity index (χ4v) is 4.78. The molecule has 0 aromatic heterocycles. The molecule has 6 heteroatoms. The van der Waals surface area contributed by atoms with Gasteiger partial charge >= 0.3 is 0 Å². The number of amides is 1. The van der Waals surface area contributed by atoms with Crippen LogP contribution < -0.4 is 9.62 Å². The van der Waals surface area contributed by atoms with Gasteiger partial charge in [-0.05, 0) is 29.5 Å². The van der Waals surface area contributed by atoms with Crippen LogP contribution in [0.2, 0.25) is 0 Å². The van der Waals surface area contributed by atoms with Crippen LogP contribution in [0.15, 0.2) is 97.1 Å². The fourth-order valence-electron chi connectivity index (χ4n) is 3.91. The number of sulfonamides is 1. The van der Waals surface area contributed by atoms with Crippen molar-refractivity contribution >= 4 is 32.4 Å². The topological polar surface area (TPSA) is 66.5 Å². The van der Waals surface area contributed by atoms with E-state index in [0.717, 1.165) is 33.7 Å². The minimum absolute atomic E-state index is 0.317. The minimum Gasteiger partial charge on any atom is -0.344 e. The number of hydrogen-bond donors (Lipinski definition) is 1. The lowest BCUT2D eigenvalue weighted by atomic mass is 9.98. The molecule has 0 spiro atoms. The van der Waals surface area contributed by atoms with Gasteiger partial charge in [-0.3, -0.25) is 9.10 Å². The zero-order chi connectivity index (χ0) is 23.4. The van der Waals surface area contributed by atoms with Crippen LogP contribution in [0.1, 0.15) is 22.7 Å². The third-order valence-corrected chi connectivity index (χ3v) is 6.70. The van der Waals surface area contributed by atoms with Crippen LogP contribution in [0.25, 0.3) is 10.8 Å². The monoisotopic (exact) mass is 458 g/mol. The first-order valence-corrected chi connectivity index (χ1v) is 12.5. The van der Waals surface area contributed by atoms with Crippen molar-refractivity contribution in [3.63, 3.8) is 0 Å². The summed E-state index contributed by atoms with van der Waals surface area (Å²) in [6.45, 7) is 1.69. The normalized spacial score (nSPS) is 12.3. The van der Waals surface area contributed by atoms with E-state index in [2.05, 4.69) is 5.32 Å². The lowest BCUT2D eigenvalue weighted by molar-refractivity contribution is -0.120. The van der Waals surface area contributed by atoms with Gasteiger partial charge in [0.2, 0.25) is 15.9 Å². The molecule has 0 fully saturated rings. The Morgan fingerprint density at radius 3 is 2.12 bits per heavy atom. The Kier molecular flexibility index (Phi) is 6.47. The standard InChI is InChI=1S/C27H26N2O3S/c1-20-15-17-23(18-16-20)27(22-10-4-3-5-11-22)28-26(30)19-29(33(2,31)32)25-14-8-12-21-9-6-7-13-24(21)25/h3-18,27H,19H2,1-2H3,(H,28,30)/t27-/m1/s1. The Morgan fingerprint density at radius 2 is 1.42 bits per heavy atom. The maximum absolute atomic E-state index is 13.2. The van der Waals surface area contributed by atoms with Gasteiger partial charge in [0.15, 0.2) is 0 Å². The lowest BCUT2D eigenvalue weighted by Crippen LogP contribution is -2.42. The smallest absolute Gasteiger partial charge is 0.241 e. The summed E-state index contributed by atoms with van der Waals surface area (Å²) in [5.74, 6) is -0.386. The molecule has 5 nitrogen and oxygen atoms in total. The molecule has 0 aliphatic rings. The Morgan fingerprint density at radius 1 is 0.818 bits per heavy atom. The summed E-state index contributed by atoms with van der Waals surface area (Å²) in [7, 11) is -3.70. The molecule has 0 saturated heterocycles. The average molecular weight is 459 g/mol. The summed E-state index contributed by atoms with van der Waals surface area (Å²) in [6, 6.07) is 30.2. The number of anilines is 1. The van der Waals surface area contributed by atoms with E-state index in [1.807, 2.05) is 91.9 Å². The molecule has 0 radical (unpaired) electrons. The summed E-state index contributed by atoms with van der Waals surface area (Å²) in [6.07, 6.45) is 1.12. The zero-order valence-corrected chi connectivity index (χ0v) is 19.4. The lowest BCUT2D eigenvalue weighted by Gasteiger charge is -2.26. The van der Waals surface area contributed by atoms with Gasteiger partial charge in [-0.25, -0.2) is 8.42 Å². The van der Waals surface area contributed by atoms with Crippen LogP contribution in [0.5, 0.6) is 0 Å². The first-order chi connectivity index (χ1) is 15.8. The van der Waals surface area contributed by atoms with Gasteiger partial charge in [0.1, 0.15) is 6.54 Å². The molecule has 0 heterocycles. The van der Waals surface area contributed by atoms with Gasteiger partial charge < -0.3 is 5.32 Å². The largest absolute Gasteiger partial charge is 0.344 e. The van der Waals surface area contributed by atoms with E-state index in [-0.39, 0.29) is 12.5 Å². The Labute approximate surface area is 194 Å². The number of aryl methyl sites for hydroxylation is 1. The summed E-state index contributed by atoms with van der Waals surface area (Å²) in [4.78, 5) is 13.2. The summed E-state index contributed by atoms with van der Waals surface area (Å²) < 4.78 is 26.6. The van der Waals surface area contributed by atoms with Crippen molar-refractivity contribution in [2.45, 2.75) is 13.0 Å². The molecule has 0 bridgehead atoms. The summed E-state index contributed by atoms with van der Waals surface area (Å²) in [5, 5.41) is 4.73. The molecule has 168 valence electrons. The van der Waals surface area contributed by atoms with Crippen LogP contribution in [0, 0.1) is 6.92 Å². The first-order valence-electron chi connectivity index (χ1n) is 10.7. The maximum Gasteiger partial charge on any atom is 0.241 e. The van der Waals surface area contributed by atoms with Gasteiger partial charge in [0.05, 0.1) is 18.0 Å². The van der Waals surface area contributed by atoms with Crippen LogP contribution in [-0.2, 0) is 14.8 Å². The molecule has 0 saturated carbocycles. The van der Waals surface area contributed by atoms with E-state index >= 15 is 0 Å². The van der Waals surface area contributed by atoms with Crippen LogP contribution in [0.4, 0.5) is 5.69 Å². The number of carbonyl (C=O) groups excluding carboxylic acids is 1. The molecule has 4 aromatic carbocycles. The van der Waals surface area contributed by atoms with E-state index in [0.29, 0.717) is 5.69 Å². The molecule has 33 heavy (non-hydrogen) atoms. The molecule has 0 aliphatic heterocycles. The van der Waals surface area contributed by atoms with E-state index in [9.17, 15) is 13.2 Å². The second kappa shape index (κ2) is 9.46. The third-order valence-electron chi connectivity index (χ3n) is 5.57. The number of benzene rings is 4. The highest BCUT2D eigenvalue weighted by molar-refractivity contribution is 7.92. The molecular weight excluding hydrogens is 432 g/mol. The van der Waals surface area contributed by atoms with Gasteiger partial charge in [0.25, 0.3) is 0 Å². The number of rotatable bonds is 7. The quantitative estimate of drug-likeness (QED) is 0.432. The second-order valence-electron chi connectivity index (χ2n) is 8.09. The van der Waals surface area contributed by atoms with E-state index in [4.69, 9.17) is 0 Å². The van der Waals surface area contributed by atoms with Crippen LogP contribution in [-0.4, -0.2) is 27.1 Å². The van der Waals surface area contributed by atoms with Crippen molar-refractivity contribution in [2.24, 2.45) is 0 Å². The number of hydrogen-bond acceptors (Lipinski definition) is 3. The predicted molar refractivity (Wildman–Crippen MR) is 134 cm³/mol. The highest BCUT2D eigenvalue weighted by Crippen LogP contribution is 2.29. The van der Waals surface area contributed by atoms with E-state index in [1.54, 1.807) is 12.1 Å². The molecule has 1 amide bonds. The summed E-state index contributed by atoms with van der Waals surface area (Å²) >= 11 is 0. The molecule has 1 atom stereocenters. The highest BCUT2D eigenvalue weighted by atomic mass is 32.2. The Balaban J connectivity index is 1.67. The maximum atomic E-state index is 13.2. The van der Waals surface area contributed by atoms with Gasteiger partial charge in [-0.2, -0.15) is 0 Å². The van der Waals surface area contributed by atoms with Crippen molar-refractivity contribution in [3.8, 4) is 0 Å². The predicted octanol–water partition coefficient (Wildman–Crippen LogP) is 4.82. The van der Waals surface area contributed by atoms with Crippen molar-refractivity contribution in [3.05, 3.63) is 114 Å². The average Bonchev–Trinajstić information content (AvgIpc) is 2.81. The third kappa shape index (κ3) is 5.23. The number of nitrogens with zero attached hydrogens (tertiary/aromatic N) is 1.